The maximum atomic E-state index is 13.9. The molecule has 5 N–H and O–H groups in total. The van der Waals surface area contributed by atoms with E-state index in [2.05, 4.69) is 13.0 Å². The largest absolute Gasteiger partial charge is 0.469 e. The zero-order valence-electron chi connectivity index (χ0n) is 38.8. The summed E-state index contributed by atoms with van der Waals surface area (Å²) in [4.78, 5) is 13.9. The number of allylic oxidation sites excluding steroid dienone is 1. The predicted octanol–water partition coefficient (Wildman–Crippen LogP) is 2.55. The standard InChI is InChI=1S/C47H72O18/c1-21-26(13-14-57-21)27-11-12-29-28(39(27)50)10-9-25-15-31(30(49)19-47(25,29)5)61-36-16-32(54-6)43(22(2)58-36)63-37-17-33(55-7)44(23(3)59-37)64-38-18-34(56-8)45(24(4)60-38)65-46-42(53)41(52)40(51)35(20-48)62-46/h9,13-14,22-24,27-38,40-46,48-49,51-53H,10-12,15-20H2,1-8H3/t22-,23-,24-,27+,28+,29-,30+,31+,32+,33+,34+,35+,36+,37+,38-,40+,41-,42+,43-,44-,45-,46-,47-/m0/s1. The molecule has 0 amide bonds. The normalized spacial score (nSPS) is 48.3. The van der Waals surface area contributed by atoms with Crippen molar-refractivity contribution in [2.75, 3.05) is 27.9 Å². The van der Waals surface area contributed by atoms with Gasteiger partial charge in [0.05, 0.1) is 61.7 Å². The van der Waals surface area contributed by atoms with Crippen LogP contribution in [-0.4, -0.2) is 176 Å². The van der Waals surface area contributed by atoms with E-state index in [1.165, 1.54) is 12.7 Å². The molecule has 18 nitrogen and oxygen atoms in total. The molecule has 7 aliphatic rings. The van der Waals surface area contributed by atoms with E-state index < -0.39 is 123 Å². The second kappa shape index (κ2) is 20.6. The summed E-state index contributed by atoms with van der Waals surface area (Å²) in [5.41, 5.74) is 1.95. The number of hydrogen-bond acceptors (Lipinski definition) is 18. The van der Waals surface area contributed by atoms with Gasteiger partial charge in [0.15, 0.2) is 25.2 Å². The van der Waals surface area contributed by atoms with Crippen LogP contribution in [0.1, 0.15) is 96.3 Å². The Morgan fingerprint density at radius 1 is 0.723 bits per heavy atom. The van der Waals surface area contributed by atoms with Gasteiger partial charge in [0, 0.05) is 58.0 Å². The number of hydrogen-bond donors (Lipinski definition) is 5. The van der Waals surface area contributed by atoms with Gasteiger partial charge in [-0.15, -0.1) is 0 Å². The summed E-state index contributed by atoms with van der Waals surface area (Å²) in [5, 5.41) is 52.3. The molecule has 368 valence electrons. The lowest BCUT2D eigenvalue weighted by molar-refractivity contribution is -0.357. The van der Waals surface area contributed by atoms with Gasteiger partial charge < -0.3 is 82.1 Å². The van der Waals surface area contributed by atoms with Gasteiger partial charge in [-0.05, 0) is 77.2 Å². The van der Waals surface area contributed by atoms with Crippen molar-refractivity contribution in [3.63, 3.8) is 0 Å². The zero-order chi connectivity index (χ0) is 46.5. The van der Waals surface area contributed by atoms with Crippen molar-refractivity contribution in [1.82, 2.24) is 0 Å². The Hall–Kier alpha value is -1.95. The third-order valence-electron chi connectivity index (χ3n) is 15.7. The van der Waals surface area contributed by atoms with Gasteiger partial charge in [-0.25, -0.2) is 0 Å². The van der Waals surface area contributed by atoms with Crippen LogP contribution < -0.4 is 0 Å². The second-order valence-electron chi connectivity index (χ2n) is 19.6. The minimum absolute atomic E-state index is 0.0811. The average molecular weight is 925 g/mol. The molecule has 4 aliphatic heterocycles. The highest BCUT2D eigenvalue weighted by Crippen LogP contribution is 2.58. The first-order valence-electron chi connectivity index (χ1n) is 23.5. The van der Waals surface area contributed by atoms with E-state index in [0.29, 0.717) is 32.1 Å². The van der Waals surface area contributed by atoms with Crippen LogP contribution in [0.2, 0.25) is 0 Å². The number of ether oxygens (including phenoxy) is 11. The molecule has 65 heavy (non-hydrogen) atoms. The highest BCUT2D eigenvalue weighted by molar-refractivity contribution is 5.89. The molecule has 18 heteroatoms. The number of carbonyl (C=O) groups excluding carboxylic acids is 1. The van der Waals surface area contributed by atoms with Crippen LogP contribution in [0.4, 0.5) is 0 Å². The van der Waals surface area contributed by atoms with E-state index in [9.17, 15) is 30.3 Å². The Kier molecular flexibility index (Phi) is 15.7. The summed E-state index contributed by atoms with van der Waals surface area (Å²) < 4.78 is 73.7. The molecule has 5 heterocycles. The summed E-state index contributed by atoms with van der Waals surface area (Å²) in [6.07, 6.45) is -6.91. The molecule has 0 aromatic carbocycles. The second-order valence-corrected chi connectivity index (χ2v) is 19.6. The fourth-order valence-electron chi connectivity index (χ4n) is 12.1. The molecule has 2 saturated carbocycles. The van der Waals surface area contributed by atoms with E-state index in [1.807, 2.05) is 26.8 Å². The zero-order valence-corrected chi connectivity index (χ0v) is 38.8. The molecule has 3 aliphatic carbocycles. The van der Waals surface area contributed by atoms with E-state index in [0.717, 1.165) is 24.2 Å². The van der Waals surface area contributed by atoms with Gasteiger partial charge in [0.1, 0.15) is 54.3 Å². The molecular weight excluding hydrogens is 852 g/mol. The lowest BCUT2D eigenvalue weighted by Gasteiger charge is -2.54. The molecular formula is C47H72O18. The number of carbonyl (C=O) groups is 1. The predicted molar refractivity (Wildman–Crippen MR) is 226 cm³/mol. The first-order chi connectivity index (χ1) is 31.1. The third kappa shape index (κ3) is 9.81. The first kappa shape index (κ1) is 49.5. The van der Waals surface area contributed by atoms with Crippen molar-refractivity contribution in [2.24, 2.45) is 17.3 Å². The van der Waals surface area contributed by atoms with Crippen LogP contribution in [0.25, 0.3) is 0 Å². The van der Waals surface area contributed by atoms with Crippen LogP contribution in [0.5, 0.6) is 0 Å². The van der Waals surface area contributed by atoms with Crippen LogP contribution in [0.15, 0.2) is 28.4 Å². The number of methoxy groups -OCH3 is 3. The maximum absolute atomic E-state index is 13.9. The van der Waals surface area contributed by atoms with Crippen LogP contribution >= 0.6 is 0 Å². The Labute approximate surface area is 381 Å². The Bertz CT molecular complexity index is 1770. The van der Waals surface area contributed by atoms with Gasteiger partial charge >= 0.3 is 0 Å². The monoisotopic (exact) mass is 924 g/mol. The molecule has 1 aromatic heterocycles. The fourth-order valence-corrected chi connectivity index (χ4v) is 12.1. The molecule has 0 bridgehead atoms. The highest BCUT2D eigenvalue weighted by Gasteiger charge is 2.55. The first-order valence-corrected chi connectivity index (χ1v) is 23.5. The number of fused-ring (bicyclic) bond motifs is 3. The van der Waals surface area contributed by atoms with E-state index in [-0.39, 0.29) is 35.4 Å². The molecule has 8 rings (SSSR count). The summed E-state index contributed by atoms with van der Waals surface area (Å²) in [5.74, 6) is 1.04. The Morgan fingerprint density at radius 3 is 1.80 bits per heavy atom. The maximum Gasteiger partial charge on any atom is 0.187 e. The van der Waals surface area contributed by atoms with Gasteiger partial charge in [0.2, 0.25) is 0 Å². The van der Waals surface area contributed by atoms with E-state index >= 15 is 0 Å². The smallest absolute Gasteiger partial charge is 0.187 e. The van der Waals surface area contributed by atoms with Crippen LogP contribution in [-0.2, 0) is 56.9 Å². The summed E-state index contributed by atoms with van der Waals surface area (Å²) in [6.45, 7) is 9.11. The lowest BCUT2D eigenvalue weighted by Crippen LogP contribution is -2.62. The van der Waals surface area contributed by atoms with Crippen molar-refractivity contribution in [3.8, 4) is 0 Å². The van der Waals surface area contributed by atoms with Crippen molar-refractivity contribution in [2.45, 2.75) is 209 Å². The molecule has 23 atom stereocenters. The van der Waals surface area contributed by atoms with Gasteiger partial charge in [0.25, 0.3) is 0 Å². The summed E-state index contributed by atoms with van der Waals surface area (Å²) in [7, 11) is 4.76. The SMILES string of the molecule is CO[C@@H]1C[C@@H](O[C@@H]2CC3=CC[C@H]4C(=O)[C@@H](c5ccoc5C)CC[C@@H]4[C@@]3(C)C[C@H]2O)O[C@@H](C)[C@@H]1O[C@@H]1C[C@@H](OC)[C@@H](O[C@H]2C[C@@H](OC)[C@@H](O[C@@H]3O[C@H](CO)[C@@H](O)[C@H](O)[C@H]3O)[C@H](C)O2)[C@H](C)O1. The average Bonchev–Trinajstić information content (AvgIpc) is 3.71. The number of ketones is 1. The number of aliphatic hydroxyl groups is 5. The molecule has 0 spiro atoms. The number of furan rings is 1. The van der Waals surface area contributed by atoms with Gasteiger partial charge in [-0.3, -0.25) is 4.79 Å². The van der Waals surface area contributed by atoms with Crippen LogP contribution in [0, 0.1) is 24.2 Å². The van der Waals surface area contributed by atoms with Crippen LogP contribution in [0.3, 0.4) is 0 Å². The third-order valence-corrected chi connectivity index (χ3v) is 15.7. The molecule has 4 saturated heterocycles. The fraction of sp³-hybridized carbons (Fsp3) is 0.851. The minimum atomic E-state index is -1.59. The van der Waals surface area contributed by atoms with E-state index in [4.69, 9.17) is 56.5 Å². The van der Waals surface area contributed by atoms with Crippen molar-refractivity contribution in [3.05, 3.63) is 35.3 Å². The summed E-state index contributed by atoms with van der Waals surface area (Å²) in [6, 6.07) is 1.93. The minimum Gasteiger partial charge on any atom is -0.469 e. The molecule has 6 fully saturated rings. The van der Waals surface area contributed by atoms with E-state index in [1.54, 1.807) is 27.4 Å². The van der Waals surface area contributed by atoms with Crippen molar-refractivity contribution >= 4 is 5.78 Å². The number of aryl methyl sites for hydroxylation is 1. The molecule has 0 unspecified atom stereocenters. The van der Waals surface area contributed by atoms with Crippen molar-refractivity contribution in [1.29, 1.82) is 0 Å². The number of aliphatic hydroxyl groups excluding tert-OH is 5. The lowest BCUT2D eigenvalue weighted by atomic mass is 9.51. The Morgan fingerprint density at radius 2 is 1.28 bits per heavy atom. The molecule has 0 radical (unpaired) electrons. The van der Waals surface area contributed by atoms with Gasteiger partial charge in [-0.1, -0.05) is 18.6 Å². The molecule has 1 aromatic rings. The topological polar surface area (TPSA) is 233 Å². The Balaban J connectivity index is 0.835. The number of Topliss-reactive ketones (excluding diaryl/α,β-unsaturated/α-hetero) is 1. The van der Waals surface area contributed by atoms with Gasteiger partial charge in [-0.2, -0.15) is 0 Å². The number of rotatable bonds is 13. The highest BCUT2D eigenvalue weighted by atomic mass is 16.8. The summed E-state index contributed by atoms with van der Waals surface area (Å²) >= 11 is 0. The van der Waals surface area contributed by atoms with Crippen molar-refractivity contribution < 1.29 is 86.8 Å². The quantitative estimate of drug-likeness (QED) is 0.179.